The van der Waals surface area contributed by atoms with Crippen molar-refractivity contribution in [3.05, 3.63) is 115 Å². The molecule has 76 heavy (non-hydrogen) atoms. The van der Waals surface area contributed by atoms with Crippen LogP contribution in [0, 0.1) is 16.7 Å². The van der Waals surface area contributed by atoms with Crippen molar-refractivity contribution in [3.63, 3.8) is 0 Å². The molecule has 0 saturated carbocycles. The molecular formula is C54H53N3O15S4. The zero-order valence-corrected chi connectivity index (χ0v) is 46.0. The molecule has 6 rings (SSSR count). The molecule has 1 fully saturated rings. The number of allylic oxidation sites excluding steroid dienone is 1. The summed E-state index contributed by atoms with van der Waals surface area (Å²) < 4.78 is 33.6. The largest absolute Gasteiger partial charge is 0.459 e. The molecule has 2 amide bonds. The van der Waals surface area contributed by atoms with Gasteiger partial charge in [-0.25, -0.2) is 38.8 Å². The number of amides is 2. The van der Waals surface area contributed by atoms with Gasteiger partial charge in [0.25, 0.3) is 11.8 Å². The molecule has 0 aliphatic carbocycles. The van der Waals surface area contributed by atoms with Gasteiger partial charge in [-0.3, -0.25) is 14.4 Å². The minimum atomic E-state index is -1.08. The standard InChI is InChI=1S/C54H53N3O15S4/c1-10-12-22-56-44(59)36(45(60)57(56)23-13-11-2)53-75-41-37(71-50(65)33-20-16-14-18-31(33)48(63)69-26-24-67-46(61)29(3)4)39-40(74-52(73-39)35(28-55)43(58)54(7,8)9)38(42(41)76-53)72-51(66)34-21-17-15-19-32(34)49(64)70-27-25-68-47(62)30(5)6/h14-21H,3,5,10-13,22-27H2,1-2,4,6-9H3. The monoisotopic (exact) mass is 1110 g/mol. The summed E-state index contributed by atoms with van der Waals surface area (Å²) in [7, 11) is 0. The molecule has 1 saturated heterocycles. The Morgan fingerprint density at radius 1 is 0.579 bits per heavy atom. The maximum Gasteiger partial charge on any atom is 0.344 e. The molecule has 0 bridgehead atoms. The van der Waals surface area contributed by atoms with E-state index in [0.717, 1.165) is 59.9 Å². The number of Topliss-reactive ketones (excluding diaryl/α,β-unsaturated/α-hetero) is 1. The summed E-state index contributed by atoms with van der Waals surface area (Å²) in [6.07, 6.45) is 2.65. The first-order chi connectivity index (χ1) is 36.1. The molecular weight excluding hydrogens is 1060 g/mol. The van der Waals surface area contributed by atoms with Gasteiger partial charge in [-0.15, -0.1) is 0 Å². The summed E-state index contributed by atoms with van der Waals surface area (Å²) in [4.78, 5) is 123. The van der Waals surface area contributed by atoms with Crippen LogP contribution in [0.15, 0.2) is 112 Å². The minimum absolute atomic E-state index is 0.0818. The number of carbonyl (C=O) groups is 9. The van der Waals surface area contributed by atoms with Gasteiger partial charge in [0, 0.05) is 29.7 Å². The Morgan fingerprint density at radius 2 is 0.934 bits per heavy atom. The highest BCUT2D eigenvalue weighted by molar-refractivity contribution is 8.26. The van der Waals surface area contributed by atoms with Gasteiger partial charge in [0.15, 0.2) is 17.3 Å². The van der Waals surface area contributed by atoms with E-state index in [2.05, 4.69) is 13.2 Å². The molecule has 0 aromatic heterocycles. The van der Waals surface area contributed by atoms with Crippen molar-refractivity contribution < 1.29 is 71.6 Å². The molecule has 0 unspecified atom stereocenters. The van der Waals surface area contributed by atoms with E-state index in [1.54, 1.807) is 20.8 Å². The van der Waals surface area contributed by atoms with Gasteiger partial charge < -0.3 is 28.4 Å². The summed E-state index contributed by atoms with van der Waals surface area (Å²) >= 11 is 3.53. The first-order valence-corrected chi connectivity index (χ1v) is 27.1. The SMILES string of the molecule is C=C(C)C(=O)OCCOC(=O)c1ccccc1C(=O)Oc1c2c(c(OC(=O)c3ccccc3C(=O)OCCOC(=O)C(=C)C)c3c1SC(=C1C(=O)N(CCCC)N(CCCC)C1=O)S3)SC(=C(C#N)C(=O)C(C)(C)C)S2. The molecule has 3 aliphatic rings. The maximum atomic E-state index is 14.6. The fraction of sp³-hybridized carbons (Fsp3) is 0.333. The van der Waals surface area contributed by atoms with Crippen LogP contribution in [0.1, 0.15) is 116 Å². The van der Waals surface area contributed by atoms with E-state index in [4.69, 9.17) is 28.4 Å². The fourth-order valence-corrected chi connectivity index (χ4v) is 12.5. The predicted molar refractivity (Wildman–Crippen MR) is 282 cm³/mol. The maximum absolute atomic E-state index is 14.6. The van der Waals surface area contributed by atoms with Crippen LogP contribution in [0.25, 0.3) is 0 Å². The van der Waals surface area contributed by atoms with Crippen LogP contribution < -0.4 is 9.47 Å². The van der Waals surface area contributed by atoms with Crippen molar-refractivity contribution in [2.24, 2.45) is 5.41 Å². The van der Waals surface area contributed by atoms with Crippen LogP contribution in [0.4, 0.5) is 0 Å². The van der Waals surface area contributed by atoms with Gasteiger partial charge >= 0.3 is 35.8 Å². The Bertz CT molecular complexity index is 2900. The van der Waals surface area contributed by atoms with Crippen LogP contribution in [0.3, 0.4) is 0 Å². The first-order valence-electron chi connectivity index (χ1n) is 23.8. The molecule has 0 atom stereocenters. The lowest BCUT2D eigenvalue weighted by atomic mass is 9.87. The minimum Gasteiger partial charge on any atom is -0.459 e. The van der Waals surface area contributed by atoms with E-state index in [9.17, 15) is 48.4 Å². The number of ether oxygens (including phenoxy) is 6. The summed E-state index contributed by atoms with van der Waals surface area (Å²) in [5.41, 5.74) is -2.17. The summed E-state index contributed by atoms with van der Waals surface area (Å²) in [5.74, 6) is -7.52. The molecule has 3 aromatic carbocycles. The second-order valence-electron chi connectivity index (χ2n) is 17.9. The fourth-order valence-electron chi connectivity index (χ4n) is 7.07. The Labute approximate surface area is 455 Å². The Kier molecular flexibility index (Phi) is 19.6. The van der Waals surface area contributed by atoms with Crippen molar-refractivity contribution in [3.8, 4) is 17.6 Å². The van der Waals surface area contributed by atoms with Crippen molar-refractivity contribution in [2.45, 2.75) is 93.7 Å². The molecule has 0 N–H and O–H groups in total. The molecule has 3 aliphatic heterocycles. The molecule has 0 radical (unpaired) electrons. The van der Waals surface area contributed by atoms with Crippen molar-refractivity contribution in [1.82, 2.24) is 10.0 Å². The van der Waals surface area contributed by atoms with Gasteiger partial charge in [0.2, 0.25) is 0 Å². The quantitative estimate of drug-likeness (QED) is 0.0183. The van der Waals surface area contributed by atoms with Crippen LogP contribution in [-0.4, -0.2) is 103 Å². The van der Waals surface area contributed by atoms with Gasteiger partial charge in [0.05, 0.1) is 50.3 Å². The smallest absolute Gasteiger partial charge is 0.344 e. The number of nitriles is 1. The Hall–Kier alpha value is -7.06. The molecule has 22 heteroatoms. The number of rotatable bonds is 21. The number of esters is 6. The van der Waals surface area contributed by atoms with E-state index >= 15 is 0 Å². The second kappa shape index (κ2) is 25.7. The predicted octanol–water partition coefficient (Wildman–Crippen LogP) is 9.82. The first kappa shape index (κ1) is 58.2. The number of hydrazine groups is 1. The van der Waals surface area contributed by atoms with Gasteiger partial charge in [-0.2, -0.15) is 5.26 Å². The number of ketones is 1. The van der Waals surface area contributed by atoms with Crippen LogP contribution in [-0.2, 0) is 42.9 Å². The van der Waals surface area contributed by atoms with Crippen molar-refractivity contribution >= 4 is 100 Å². The van der Waals surface area contributed by atoms with Crippen molar-refractivity contribution in [2.75, 3.05) is 39.5 Å². The average molecular weight is 1110 g/mol. The lowest BCUT2D eigenvalue weighted by Crippen LogP contribution is -2.42. The molecule has 18 nitrogen and oxygen atoms in total. The van der Waals surface area contributed by atoms with Gasteiger partial charge in [0.1, 0.15) is 43.6 Å². The number of benzene rings is 3. The van der Waals surface area contributed by atoms with Crippen LogP contribution >= 0.6 is 47.0 Å². The highest BCUT2D eigenvalue weighted by Gasteiger charge is 2.47. The zero-order chi connectivity index (χ0) is 55.6. The lowest BCUT2D eigenvalue weighted by molar-refractivity contribution is -0.147. The summed E-state index contributed by atoms with van der Waals surface area (Å²) in [5, 5.41) is 13.3. The van der Waals surface area contributed by atoms with E-state index in [-0.39, 0.29) is 124 Å². The van der Waals surface area contributed by atoms with E-state index < -0.39 is 58.8 Å². The molecule has 398 valence electrons. The third kappa shape index (κ3) is 13.1. The van der Waals surface area contributed by atoms with E-state index in [1.165, 1.54) is 72.4 Å². The Morgan fingerprint density at radius 3 is 1.28 bits per heavy atom. The van der Waals surface area contributed by atoms with Gasteiger partial charge in [-0.1, -0.05) is 132 Å². The topological polar surface area (TPSA) is 239 Å². The third-order valence-electron chi connectivity index (χ3n) is 11.0. The van der Waals surface area contributed by atoms with Gasteiger partial charge in [-0.05, 0) is 51.0 Å². The molecule has 3 heterocycles. The molecule has 0 spiro atoms. The number of fused-ring (bicyclic) bond motifs is 2. The number of nitrogens with zero attached hydrogens (tertiary/aromatic N) is 3. The highest BCUT2D eigenvalue weighted by Crippen LogP contribution is 2.69. The molecule has 3 aromatic rings. The number of hydrogen-bond donors (Lipinski definition) is 0. The summed E-state index contributed by atoms with van der Waals surface area (Å²) in [6, 6.07) is 13.2. The summed E-state index contributed by atoms with van der Waals surface area (Å²) in [6.45, 7) is 17.9. The third-order valence-corrected chi connectivity index (χ3v) is 16.2. The van der Waals surface area contributed by atoms with E-state index in [0.29, 0.717) is 12.8 Å². The number of unbranched alkanes of at least 4 members (excludes halogenated alkanes) is 2. The van der Waals surface area contributed by atoms with E-state index in [1.807, 2.05) is 19.9 Å². The van der Waals surface area contributed by atoms with Crippen LogP contribution in [0.5, 0.6) is 11.5 Å². The lowest BCUT2D eigenvalue weighted by Gasteiger charge is -2.27. The highest BCUT2D eigenvalue weighted by atomic mass is 32.2. The van der Waals surface area contributed by atoms with Crippen LogP contribution in [0.2, 0.25) is 0 Å². The zero-order valence-electron chi connectivity index (χ0n) is 42.7. The number of thioether (sulfide) groups is 4. The normalized spacial score (nSPS) is 13.6. The van der Waals surface area contributed by atoms with Crippen molar-refractivity contribution in [1.29, 1.82) is 5.26 Å². The number of hydrogen-bond acceptors (Lipinski definition) is 20. The average Bonchev–Trinajstić information content (AvgIpc) is 4.19. The number of carbonyl (C=O) groups excluding carboxylic acids is 9. The Balaban J connectivity index is 1.51. The second-order valence-corrected chi connectivity index (χ2v) is 22.5.